The second-order valence-corrected chi connectivity index (χ2v) is 6.70. The van der Waals surface area contributed by atoms with Crippen molar-refractivity contribution in [2.45, 2.75) is 6.42 Å². The fraction of sp³-hybridized carbons (Fsp3) is 0.316. The van der Waals surface area contributed by atoms with Crippen LogP contribution in [0.2, 0.25) is 0 Å². The van der Waals surface area contributed by atoms with Crippen molar-refractivity contribution >= 4 is 34.3 Å². The summed E-state index contributed by atoms with van der Waals surface area (Å²) >= 11 is 0. The third-order valence-electron chi connectivity index (χ3n) is 4.18. The predicted molar refractivity (Wildman–Crippen MR) is 106 cm³/mol. The standard InChI is InChI=1S/C19H24N6O/c1-23(2)18-15(11-20-19(22-18)24(3)4)21-17(26)10-13-12-25(5)16-9-7-6-8-14(13)16/h6-9,11-12H,10H2,1-5H3,(H,21,26). The minimum absolute atomic E-state index is 0.0920. The number of amides is 1. The Morgan fingerprint density at radius 3 is 2.58 bits per heavy atom. The number of hydrogen-bond donors (Lipinski definition) is 1. The van der Waals surface area contributed by atoms with E-state index >= 15 is 0 Å². The van der Waals surface area contributed by atoms with E-state index in [0.717, 1.165) is 16.5 Å². The van der Waals surface area contributed by atoms with Gasteiger partial charge in [-0.25, -0.2) is 4.98 Å². The molecular formula is C19H24N6O. The van der Waals surface area contributed by atoms with Crippen molar-refractivity contribution in [1.29, 1.82) is 0 Å². The number of aryl methyl sites for hydroxylation is 1. The van der Waals surface area contributed by atoms with Crippen molar-refractivity contribution in [3.63, 3.8) is 0 Å². The van der Waals surface area contributed by atoms with Crippen molar-refractivity contribution in [1.82, 2.24) is 14.5 Å². The molecule has 1 N–H and O–H groups in total. The van der Waals surface area contributed by atoms with Gasteiger partial charge in [0.2, 0.25) is 11.9 Å². The molecule has 7 heteroatoms. The molecule has 0 atom stereocenters. The number of benzene rings is 1. The van der Waals surface area contributed by atoms with Crippen LogP contribution in [0.25, 0.3) is 10.9 Å². The van der Waals surface area contributed by atoms with E-state index in [9.17, 15) is 4.79 Å². The average molecular weight is 352 g/mol. The van der Waals surface area contributed by atoms with Crippen molar-refractivity contribution in [2.24, 2.45) is 7.05 Å². The Morgan fingerprint density at radius 1 is 1.15 bits per heavy atom. The van der Waals surface area contributed by atoms with Gasteiger partial charge in [-0.15, -0.1) is 0 Å². The van der Waals surface area contributed by atoms with Crippen LogP contribution < -0.4 is 15.1 Å². The molecule has 0 aliphatic rings. The average Bonchev–Trinajstić information content (AvgIpc) is 2.91. The van der Waals surface area contributed by atoms with Crippen LogP contribution in [0.5, 0.6) is 0 Å². The van der Waals surface area contributed by atoms with Gasteiger partial charge >= 0.3 is 0 Å². The maximum atomic E-state index is 12.6. The molecule has 26 heavy (non-hydrogen) atoms. The maximum Gasteiger partial charge on any atom is 0.229 e. The van der Waals surface area contributed by atoms with E-state index in [1.54, 1.807) is 6.20 Å². The van der Waals surface area contributed by atoms with Gasteiger partial charge in [0, 0.05) is 52.3 Å². The van der Waals surface area contributed by atoms with E-state index in [4.69, 9.17) is 0 Å². The largest absolute Gasteiger partial charge is 0.361 e. The Balaban J connectivity index is 1.83. The van der Waals surface area contributed by atoms with Crippen LogP contribution in [-0.2, 0) is 18.3 Å². The lowest BCUT2D eigenvalue weighted by Crippen LogP contribution is -2.21. The molecule has 1 aromatic carbocycles. The third kappa shape index (κ3) is 3.46. The molecule has 0 bridgehead atoms. The molecule has 0 aliphatic heterocycles. The molecule has 7 nitrogen and oxygen atoms in total. The van der Waals surface area contributed by atoms with E-state index in [1.165, 1.54) is 0 Å². The Labute approximate surface area is 153 Å². The van der Waals surface area contributed by atoms with Gasteiger partial charge in [-0.2, -0.15) is 4.98 Å². The van der Waals surface area contributed by atoms with Crippen LogP contribution in [0, 0.1) is 0 Å². The molecule has 0 unspecified atom stereocenters. The molecule has 0 spiro atoms. The summed E-state index contributed by atoms with van der Waals surface area (Å²) in [5.74, 6) is 1.18. The normalized spacial score (nSPS) is 10.8. The third-order valence-corrected chi connectivity index (χ3v) is 4.18. The number of aromatic nitrogens is 3. The van der Waals surface area contributed by atoms with E-state index in [1.807, 2.05) is 74.0 Å². The number of anilines is 3. The van der Waals surface area contributed by atoms with E-state index < -0.39 is 0 Å². The van der Waals surface area contributed by atoms with Crippen LogP contribution in [0.3, 0.4) is 0 Å². The lowest BCUT2D eigenvalue weighted by atomic mass is 10.1. The monoisotopic (exact) mass is 352 g/mol. The number of para-hydroxylation sites is 1. The molecular weight excluding hydrogens is 328 g/mol. The SMILES string of the molecule is CN(C)c1ncc(NC(=O)Cc2cn(C)c3ccccc23)c(N(C)C)n1. The van der Waals surface area contributed by atoms with Crippen molar-refractivity contribution in [3.8, 4) is 0 Å². The van der Waals surface area contributed by atoms with Gasteiger partial charge in [-0.3, -0.25) is 4.79 Å². The Morgan fingerprint density at radius 2 is 1.88 bits per heavy atom. The smallest absolute Gasteiger partial charge is 0.229 e. The summed E-state index contributed by atoms with van der Waals surface area (Å²) in [4.78, 5) is 25.1. The molecule has 0 fully saturated rings. The Hall–Kier alpha value is -3.09. The van der Waals surface area contributed by atoms with Gasteiger partial charge in [0.25, 0.3) is 0 Å². The number of fused-ring (bicyclic) bond motifs is 1. The fourth-order valence-corrected chi connectivity index (χ4v) is 2.94. The van der Waals surface area contributed by atoms with E-state index in [2.05, 4.69) is 21.4 Å². The van der Waals surface area contributed by atoms with Crippen molar-refractivity contribution in [3.05, 3.63) is 42.2 Å². The maximum absolute atomic E-state index is 12.6. The van der Waals surface area contributed by atoms with Gasteiger partial charge in [0.05, 0.1) is 12.6 Å². The van der Waals surface area contributed by atoms with Crippen LogP contribution in [-0.4, -0.2) is 48.6 Å². The number of carbonyl (C=O) groups excluding carboxylic acids is 1. The summed E-state index contributed by atoms with van der Waals surface area (Å²) in [6.07, 6.45) is 3.95. The molecule has 0 saturated heterocycles. The molecule has 136 valence electrons. The summed E-state index contributed by atoms with van der Waals surface area (Å²) < 4.78 is 2.04. The van der Waals surface area contributed by atoms with Gasteiger partial charge < -0.3 is 19.7 Å². The first-order valence-corrected chi connectivity index (χ1v) is 8.41. The first-order valence-electron chi connectivity index (χ1n) is 8.41. The lowest BCUT2D eigenvalue weighted by molar-refractivity contribution is -0.115. The highest BCUT2D eigenvalue weighted by molar-refractivity contribution is 5.97. The summed E-state index contributed by atoms with van der Waals surface area (Å²) in [6.45, 7) is 0. The fourth-order valence-electron chi connectivity index (χ4n) is 2.94. The molecule has 2 aromatic heterocycles. The number of nitrogens with zero attached hydrogens (tertiary/aromatic N) is 5. The summed E-state index contributed by atoms with van der Waals surface area (Å²) in [6, 6.07) is 8.08. The van der Waals surface area contributed by atoms with Gasteiger partial charge in [-0.05, 0) is 11.6 Å². The highest BCUT2D eigenvalue weighted by atomic mass is 16.1. The summed E-state index contributed by atoms with van der Waals surface area (Å²) in [7, 11) is 9.53. The number of nitrogens with one attached hydrogen (secondary N) is 1. The predicted octanol–water partition coefficient (Wildman–Crippen LogP) is 2.28. The zero-order chi connectivity index (χ0) is 18.8. The first-order chi connectivity index (χ1) is 12.4. The van der Waals surface area contributed by atoms with Crippen molar-refractivity contribution in [2.75, 3.05) is 43.3 Å². The minimum Gasteiger partial charge on any atom is -0.361 e. The number of carbonyl (C=O) groups is 1. The number of hydrogen-bond acceptors (Lipinski definition) is 5. The highest BCUT2D eigenvalue weighted by Gasteiger charge is 2.15. The van der Waals surface area contributed by atoms with Crippen LogP contribution >= 0.6 is 0 Å². The van der Waals surface area contributed by atoms with Crippen LogP contribution in [0.15, 0.2) is 36.7 Å². The molecule has 0 aliphatic carbocycles. The molecule has 0 saturated carbocycles. The Bertz CT molecular complexity index is 944. The molecule has 1 amide bonds. The molecule has 3 rings (SSSR count). The molecule has 2 heterocycles. The highest BCUT2D eigenvalue weighted by Crippen LogP contribution is 2.24. The van der Waals surface area contributed by atoms with Crippen molar-refractivity contribution < 1.29 is 4.79 Å². The Kier molecular flexibility index (Phi) is 4.79. The zero-order valence-electron chi connectivity index (χ0n) is 15.8. The van der Waals surface area contributed by atoms with E-state index in [0.29, 0.717) is 23.9 Å². The summed E-state index contributed by atoms with van der Waals surface area (Å²) in [5.41, 5.74) is 2.71. The second-order valence-electron chi connectivity index (χ2n) is 6.70. The minimum atomic E-state index is -0.0920. The van der Waals surface area contributed by atoms with Crippen LogP contribution in [0.4, 0.5) is 17.5 Å². The lowest BCUT2D eigenvalue weighted by Gasteiger charge is -2.19. The molecule has 0 radical (unpaired) electrons. The second kappa shape index (κ2) is 7.03. The quantitative estimate of drug-likeness (QED) is 0.763. The van der Waals surface area contributed by atoms with Crippen LogP contribution in [0.1, 0.15) is 5.56 Å². The van der Waals surface area contributed by atoms with Gasteiger partial charge in [-0.1, -0.05) is 18.2 Å². The molecule has 3 aromatic rings. The van der Waals surface area contributed by atoms with E-state index in [-0.39, 0.29) is 5.91 Å². The van der Waals surface area contributed by atoms with Gasteiger partial charge in [0.1, 0.15) is 5.69 Å². The van der Waals surface area contributed by atoms with Gasteiger partial charge in [0.15, 0.2) is 5.82 Å². The zero-order valence-corrected chi connectivity index (χ0v) is 15.8. The first kappa shape index (κ1) is 17.7. The number of rotatable bonds is 5. The topological polar surface area (TPSA) is 66.3 Å². The summed E-state index contributed by atoms with van der Waals surface area (Å²) in [5, 5.41) is 4.04.